The molecule has 0 aliphatic carbocycles. The number of nitrogens with zero attached hydrogens (tertiary/aromatic N) is 2. The third-order valence-electron chi connectivity index (χ3n) is 19.5. The number of hydrogen-bond acceptors (Lipinski definition) is 3. The van der Waals surface area contributed by atoms with Crippen molar-refractivity contribution in [2.45, 2.75) is 38.5 Å². The minimum atomic E-state index is -0.653. The number of thiophene rings is 1. The topological polar surface area (TPSA) is 6.48 Å². The van der Waals surface area contributed by atoms with Crippen LogP contribution in [0.2, 0.25) is 0 Å². The molecule has 0 atom stereocenters. The van der Waals surface area contributed by atoms with Crippen LogP contribution in [0, 0.1) is 27.7 Å². The molecule has 2 aliphatic heterocycles. The Morgan fingerprint density at radius 3 is 1.03 bits per heavy atom. The van der Waals surface area contributed by atoms with Gasteiger partial charge in [-0.15, -0.1) is 11.3 Å². The number of benzene rings is 14. The molecule has 0 saturated carbocycles. The normalized spacial score (nSPS) is 13.8. The fraction of sp³-hybridized carbons (Fsp3) is 0.0698. The van der Waals surface area contributed by atoms with Crippen LogP contribution in [0.1, 0.15) is 66.8 Å². The smallest absolute Gasteiger partial charge is 0.0742 e. The molecule has 0 unspecified atom stereocenters. The van der Waals surface area contributed by atoms with Crippen LogP contribution in [-0.4, -0.2) is 0 Å². The van der Waals surface area contributed by atoms with Crippen molar-refractivity contribution in [3.05, 3.63) is 370 Å². The molecule has 2 aliphatic rings. The molecule has 3 heteroatoms. The summed E-state index contributed by atoms with van der Waals surface area (Å²) in [6, 6.07) is 115. The highest BCUT2D eigenvalue weighted by molar-refractivity contribution is 7.25. The fourth-order valence-electron chi connectivity index (χ4n) is 15.4. The van der Waals surface area contributed by atoms with Gasteiger partial charge in [-0.1, -0.05) is 265 Å². The molecule has 0 bridgehead atoms. The summed E-state index contributed by atoms with van der Waals surface area (Å²) in [5, 5.41) is 7.34. The number of anilines is 6. The van der Waals surface area contributed by atoms with Gasteiger partial charge in [-0.3, -0.25) is 0 Å². The first kappa shape index (κ1) is 52.7. The summed E-state index contributed by atoms with van der Waals surface area (Å²) in [5.74, 6) is 0. The molecule has 2 nitrogen and oxygen atoms in total. The zero-order valence-corrected chi connectivity index (χ0v) is 51.0. The molecule has 0 fully saturated rings. The number of para-hydroxylation sites is 3. The summed E-state index contributed by atoms with van der Waals surface area (Å²) in [7, 11) is 0. The van der Waals surface area contributed by atoms with Crippen molar-refractivity contribution < 1.29 is 0 Å². The Balaban J connectivity index is 0.936. The SMILES string of the molecule is Cc1ccc(C2(c3ccc(C)cc3)c3ccccc3N(c3ccc4c(-c5ccccc5)c5cc(N6c7ccccc7C(c7ccc(C)cc7)(c7ccc(C)cc7)c7cc8c(cc76)sc6ccccc68)ccc5c(-c5ccccc5)c4c3)c3ccccc32)cc1. The monoisotopic (exact) mass is 1150 g/mol. The average Bonchev–Trinajstić information content (AvgIpc) is 1.12. The Kier molecular flexibility index (Phi) is 12.2. The number of hydrogen-bond donors (Lipinski definition) is 0. The first-order chi connectivity index (χ1) is 43.8. The molecule has 422 valence electrons. The van der Waals surface area contributed by atoms with Gasteiger partial charge in [0.15, 0.2) is 0 Å². The molecule has 0 N–H and O–H groups in total. The van der Waals surface area contributed by atoms with E-state index < -0.39 is 10.8 Å². The summed E-state index contributed by atoms with van der Waals surface area (Å²) in [4.78, 5) is 5.11. The maximum absolute atomic E-state index is 2.58. The largest absolute Gasteiger partial charge is 0.310 e. The first-order valence-electron chi connectivity index (χ1n) is 31.0. The number of aryl methyl sites for hydroxylation is 4. The summed E-state index contributed by atoms with van der Waals surface area (Å²) >= 11 is 1.88. The van der Waals surface area contributed by atoms with Gasteiger partial charge in [0, 0.05) is 31.5 Å². The van der Waals surface area contributed by atoms with E-state index in [1.54, 1.807) is 0 Å². The summed E-state index contributed by atoms with van der Waals surface area (Å²) in [5.41, 5.74) is 25.3. The van der Waals surface area contributed by atoms with E-state index in [1.807, 2.05) is 11.3 Å². The second kappa shape index (κ2) is 20.5. The van der Waals surface area contributed by atoms with E-state index in [-0.39, 0.29) is 0 Å². The summed E-state index contributed by atoms with van der Waals surface area (Å²) < 4.78 is 2.56. The van der Waals surface area contributed by atoms with Crippen molar-refractivity contribution in [1.29, 1.82) is 0 Å². The minimum absolute atomic E-state index is 0.590. The third kappa shape index (κ3) is 7.95. The summed E-state index contributed by atoms with van der Waals surface area (Å²) in [6.45, 7) is 8.75. The lowest BCUT2D eigenvalue weighted by Crippen LogP contribution is -2.37. The minimum Gasteiger partial charge on any atom is -0.310 e. The molecule has 89 heavy (non-hydrogen) atoms. The van der Waals surface area contributed by atoms with Crippen LogP contribution >= 0.6 is 11.3 Å². The molecule has 0 spiro atoms. The highest BCUT2D eigenvalue weighted by Gasteiger charge is 2.48. The molecule has 3 heterocycles. The Bertz CT molecular complexity index is 5130. The maximum atomic E-state index is 2.58. The highest BCUT2D eigenvalue weighted by Crippen LogP contribution is 2.62. The Labute approximate surface area is 524 Å². The maximum Gasteiger partial charge on any atom is 0.0742 e. The van der Waals surface area contributed by atoms with E-state index in [4.69, 9.17) is 0 Å². The standard InChI is InChI=1S/C86H62N2S/c1-55-31-39-61(40-32-55)85(62-41-33-56(2)34-42-62)73-24-12-15-27-77(73)87(78-28-16-13-25-74(78)85)65-47-49-68-71(51-65)83(59-19-7-5-8-20-59)69-50-48-66(52-72(69)84(68)60-21-9-6-10-22-60)88-79-29-17-14-26-75(79)86(63-43-35-57(3)36-44-63,64-45-37-58(4)38-46-64)76-53-70-67-23-11-18-30-81(67)89-82(70)54-80(76)88/h5-54H,1-4H3. The highest BCUT2D eigenvalue weighted by atomic mass is 32.1. The van der Waals surface area contributed by atoms with Crippen LogP contribution in [0.15, 0.2) is 303 Å². The zero-order chi connectivity index (χ0) is 59.5. The van der Waals surface area contributed by atoms with Crippen molar-refractivity contribution in [2.75, 3.05) is 9.80 Å². The molecule has 15 aromatic rings. The molecule has 14 aromatic carbocycles. The number of fused-ring (bicyclic) bond motifs is 9. The Hall–Kier alpha value is -10.6. The third-order valence-corrected chi connectivity index (χ3v) is 20.6. The van der Waals surface area contributed by atoms with Crippen LogP contribution in [0.5, 0.6) is 0 Å². The predicted molar refractivity (Wildman–Crippen MR) is 377 cm³/mol. The van der Waals surface area contributed by atoms with Gasteiger partial charge < -0.3 is 9.80 Å². The van der Waals surface area contributed by atoms with Gasteiger partial charge in [-0.25, -0.2) is 0 Å². The van der Waals surface area contributed by atoms with E-state index in [0.29, 0.717) is 0 Å². The molecule has 0 radical (unpaired) electrons. The van der Waals surface area contributed by atoms with Crippen LogP contribution in [0.3, 0.4) is 0 Å². The Morgan fingerprint density at radius 1 is 0.247 bits per heavy atom. The van der Waals surface area contributed by atoms with Gasteiger partial charge in [0.1, 0.15) is 0 Å². The summed E-state index contributed by atoms with van der Waals surface area (Å²) in [6.07, 6.45) is 0. The number of rotatable bonds is 8. The molecular weight excluding hydrogens is 1090 g/mol. The second-order valence-corrected chi connectivity index (χ2v) is 25.7. The molecule has 1 aromatic heterocycles. The van der Waals surface area contributed by atoms with E-state index in [0.717, 1.165) is 28.4 Å². The van der Waals surface area contributed by atoms with Gasteiger partial charge in [0.2, 0.25) is 0 Å². The van der Waals surface area contributed by atoms with E-state index in [1.165, 1.54) is 136 Å². The lowest BCUT2D eigenvalue weighted by molar-refractivity contribution is 0.730. The van der Waals surface area contributed by atoms with Crippen LogP contribution in [0.4, 0.5) is 34.1 Å². The Morgan fingerprint density at radius 2 is 0.607 bits per heavy atom. The lowest BCUT2D eigenvalue weighted by Gasteiger charge is -2.46. The van der Waals surface area contributed by atoms with Gasteiger partial charge >= 0.3 is 0 Å². The van der Waals surface area contributed by atoms with Gasteiger partial charge in [0.05, 0.1) is 33.6 Å². The lowest BCUT2D eigenvalue weighted by atomic mass is 9.62. The first-order valence-corrected chi connectivity index (χ1v) is 31.9. The van der Waals surface area contributed by atoms with Gasteiger partial charge in [-0.2, -0.15) is 0 Å². The quantitative estimate of drug-likeness (QED) is 0.140. The van der Waals surface area contributed by atoms with E-state index in [2.05, 4.69) is 341 Å². The fourth-order valence-corrected chi connectivity index (χ4v) is 16.5. The zero-order valence-electron chi connectivity index (χ0n) is 50.2. The van der Waals surface area contributed by atoms with Crippen molar-refractivity contribution in [2.24, 2.45) is 0 Å². The van der Waals surface area contributed by atoms with Gasteiger partial charge in [-0.05, 0) is 177 Å². The van der Waals surface area contributed by atoms with Crippen molar-refractivity contribution in [3.63, 3.8) is 0 Å². The van der Waals surface area contributed by atoms with Crippen LogP contribution < -0.4 is 9.80 Å². The van der Waals surface area contributed by atoms with Gasteiger partial charge in [0.25, 0.3) is 0 Å². The predicted octanol–water partition coefficient (Wildman–Crippen LogP) is 23.3. The van der Waals surface area contributed by atoms with E-state index in [9.17, 15) is 0 Å². The average molecular weight is 1160 g/mol. The molecule has 0 saturated heterocycles. The van der Waals surface area contributed by atoms with Crippen LogP contribution in [-0.2, 0) is 10.8 Å². The van der Waals surface area contributed by atoms with Crippen LogP contribution in [0.25, 0.3) is 64.0 Å². The van der Waals surface area contributed by atoms with Crippen molar-refractivity contribution in [1.82, 2.24) is 0 Å². The molecular formula is C86H62N2S. The second-order valence-electron chi connectivity index (χ2n) is 24.6. The molecule has 17 rings (SSSR count). The van der Waals surface area contributed by atoms with Crippen molar-refractivity contribution >= 4 is 87.2 Å². The van der Waals surface area contributed by atoms with Crippen molar-refractivity contribution in [3.8, 4) is 22.3 Å². The molecule has 0 amide bonds. The van der Waals surface area contributed by atoms with E-state index >= 15 is 0 Å².